The number of hydrogen-bond donors (Lipinski definition) is 1. The molecule has 0 saturated heterocycles. The summed E-state index contributed by atoms with van der Waals surface area (Å²) in [7, 11) is 0. The van der Waals surface area contributed by atoms with Gasteiger partial charge in [0, 0.05) is 18.6 Å². The number of rotatable bonds is 2. The summed E-state index contributed by atoms with van der Waals surface area (Å²) in [5.41, 5.74) is 1.17. The van der Waals surface area contributed by atoms with E-state index in [0.29, 0.717) is 17.1 Å². The van der Waals surface area contributed by atoms with Gasteiger partial charge in [-0.3, -0.25) is 0 Å². The van der Waals surface area contributed by atoms with Crippen LogP contribution < -0.4 is 0 Å². The van der Waals surface area contributed by atoms with Crippen LogP contribution in [0.15, 0.2) is 24.9 Å². The molecule has 0 fully saturated rings. The number of nitrogens with zero attached hydrogens (tertiary/aromatic N) is 4. The molecule has 0 aromatic carbocycles. The lowest BCUT2D eigenvalue weighted by Gasteiger charge is -2.02. The van der Waals surface area contributed by atoms with Crippen LogP contribution in [0.2, 0.25) is 0 Å². The summed E-state index contributed by atoms with van der Waals surface area (Å²) >= 11 is 0. The summed E-state index contributed by atoms with van der Waals surface area (Å²) in [4.78, 5) is 26.5. The highest BCUT2D eigenvalue weighted by molar-refractivity contribution is 5.88. The Labute approximate surface area is 91.1 Å². The van der Waals surface area contributed by atoms with Gasteiger partial charge in [-0.05, 0) is 6.92 Å². The molecule has 2 rings (SSSR count). The Hall–Kier alpha value is -2.37. The van der Waals surface area contributed by atoms with Gasteiger partial charge in [-0.25, -0.2) is 24.7 Å². The van der Waals surface area contributed by atoms with E-state index in [1.807, 2.05) is 0 Å². The standard InChI is InChI=1S/C10H8N4O2/c1-6-8(10(15)16)4-13-9(14-6)7-2-11-5-12-3-7/h2-5H,1H3,(H,15,16). The Kier molecular flexibility index (Phi) is 2.55. The molecule has 0 aliphatic carbocycles. The molecule has 2 aromatic rings. The second kappa shape index (κ2) is 4.01. The minimum Gasteiger partial charge on any atom is -0.478 e. The minimum atomic E-state index is -1.03. The molecule has 6 heteroatoms. The van der Waals surface area contributed by atoms with E-state index in [-0.39, 0.29) is 5.56 Å². The Morgan fingerprint density at radius 3 is 2.50 bits per heavy atom. The number of hydrogen-bond acceptors (Lipinski definition) is 5. The molecule has 0 atom stereocenters. The number of aryl methyl sites for hydroxylation is 1. The van der Waals surface area contributed by atoms with Gasteiger partial charge in [-0.15, -0.1) is 0 Å². The topological polar surface area (TPSA) is 88.9 Å². The SMILES string of the molecule is Cc1nc(-c2cncnc2)ncc1C(=O)O. The third-order valence-electron chi connectivity index (χ3n) is 2.03. The van der Waals surface area contributed by atoms with Gasteiger partial charge < -0.3 is 5.11 Å². The number of carboxylic acid groups (broad SMARTS) is 1. The highest BCUT2D eigenvalue weighted by atomic mass is 16.4. The first-order chi connectivity index (χ1) is 7.68. The molecule has 0 amide bonds. The molecule has 2 heterocycles. The fourth-order valence-corrected chi connectivity index (χ4v) is 1.23. The van der Waals surface area contributed by atoms with Crippen LogP contribution in [0.4, 0.5) is 0 Å². The van der Waals surface area contributed by atoms with Crippen molar-refractivity contribution >= 4 is 5.97 Å². The van der Waals surface area contributed by atoms with Crippen LogP contribution in [-0.4, -0.2) is 31.0 Å². The molecule has 0 saturated carbocycles. The maximum atomic E-state index is 10.8. The van der Waals surface area contributed by atoms with Gasteiger partial charge >= 0.3 is 5.97 Å². The van der Waals surface area contributed by atoms with E-state index >= 15 is 0 Å². The normalized spacial score (nSPS) is 10.1. The van der Waals surface area contributed by atoms with Crippen molar-refractivity contribution in [3.63, 3.8) is 0 Å². The van der Waals surface area contributed by atoms with E-state index in [0.717, 1.165) is 0 Å². The Balaban J connectivity index is 2.46. The highest BCUT2D eigenvalue weighted by Crippen LogP contribution is 2.13. The van der Waals surface area contributed by atoms with Gasteiger partial charge in [0.15, 0.2) is 5.82 Å². The molecule has 80 valence electrons. The zero-order valence-corrected chi connectivity index (χ0v) is 8.45. The summed E-state index contributed by atoms with van der Waals surface area (Å²) in [6.45, 7) is 1.62. The molecule has 6 nitrogen and oxygen atoms in total. The van der Waals surface area contributed by atoms with E-state index in [2.05, 4.69) is 19.9 Å². The highest BCUT2D eigenvalue weighted by Gasteiger charge is 2.10. The van der Waals surface area contributed by atoms with Crippen LogP contribution >= 0.6 is 0 Å². The van der Waals surface area contributed by atoms with Crippen molar-refractivity contribution in [1.82, 2.24) is 19.9 Å². The van der Waals surface area contributed by atoms with Crippen LogP contribution in [-0.2, 0) is 0 Å². The van der Waals surface area contributed by atoms with Gasteiger partial charge in [0.1, 0.15) is 6.33 Å². The summed E-state index contributed by atoms with van der Waals surface area (Å²) < 4.78 is 0. The molecule has 1 N–H and O–H groups in total. The van der Waals surface area contributed by atoms with Crippen LogP contribution in [0.5, 0.6) is 0 Å². The third-order valence-corrected chi connectivity index (χ3v) is 2.03. The number of aromatic carboxylic acids is 1. The molecule has 0 bridgehead atoms. The lowest BCUT2D eigenvalue weighted by atomic mass is 10.2. The second-order valence-electron chi connectivity index (χ2n) is 3.13. The van der Waals surface area contributed by atoms with Gasteiger partial charge in [-0.1, -0.05) is 0 Å². The first-order valence-corrected chi connectivity index (χ1v) is 4.51. The Bertz CT molecular complexity index is 528. The molecule has 0 spiro atoms. The summed E-state index contributed by atoms with van der Waals surface area (Å²) in [5.74, 6) is -0.614. The number of carbonyl (C=O) groups is 1. The van der Waals surface area contributed by atoms with Gasteiger partial charge in [0.05, 0.1) is 16.8 Å². The Morgan fingerprint density at radius 1 is 1.25 bits per heavy atom. The van der Waals surface area contributed by atoms with E-state index in [4.69, 9.17) is 5.11 Å². The van der Waals surface area contributed by atoms with Crippen molar-refractivity contribution in [3.05, 3.63) is 36.2 Å². The van der Waals surface area contributed by atoms with Crippen molar-refractivity contribution in [1.29, 1.82) is 0 Å². The largest absolute Gasteiger partial charge is 0.478 e. The van der Waals surface area contributed by atoms with Crippen molar-refractivity contribution in [2.24, 2.45) is 0 Å². The first kappa shape index (κ1) is 10.2. The molecular formula is C10H8N4O2. The first-order valence-electron chi connectivity index (χ1n) is 4.51. The zero-order chi connectivity index (χ0) is 11.5. The van der Waals surface area contributed by atoms with Crippen molar-refractivity contribution < 1.29 is 9.90 Å². The monoisotopic (exact) mass is 216 g/mol. The van der Waals surface area contributed by atoms with Crippen LogP contribution in [0.3, 0.4) is 0 Å². The molecule has 0 unspecified atom stereocenters. The smallest absolute Gasteiger partial charge is 0.339 e. The predicted molar refractivity (Wildman–Crippen MR) is 54.8 cm³/mol. The lowest BCUT2D eigenvalue weighted by Crippen LogP contribution is -2.04. The summed E-state index contributed by atoms with van der Waals surface area (Å²) in [6, 6.07) is 0. The zero-order valence-electron chi connectivity index (χ0n) is 8.45. The van der Waals surface area contributed by atoms with Crippen LogP contribution in [0.25, 0.3) is 11.4 Å². The molecule has 0 radical (unpaired) electrons. The number of carboxylic acids is 1. The van der Waals surface area contributed by atoms with Crippen molar-refractivity contribution in [2.45, 2.75) is 6.92 Å². The lowest BCUT2D eigenvalue weighted by molar-refractivity contribution is 0.0695. The molecule has 16 heavy (non-hydrogen) atoms. The fraction of sp³-hybridized carbons (Fsp3) is 0.100. The van der Waals surface area contributed by atoms with Crippen molar-refractivity contribution in [3.8, 4) is 11.4 Å². The van der Waals surface area contributed by atoms with Gasteiger partial charge in [0.2, 0.25) is 0 Å². The van der Waals surface area contributed by atoms with E-state index in [9.17, 15) is 4.79 Å². The van der Waals surface area contributed by atoms with Crippen LogP contribution in [0.1, 0.15) is 16.1 Å². The maximum absolute atomic E-state index is 10.8. The fourth-order valence-electron chi connectivity index (χ4n) is 1.23. The Morgan fingerprint density at radius 2 is 1.94 bits per heavy atom. The molecule has 0 aliphatic heterocycles. The maximum Gasteiger partial charge on any atom is 0.339 e. The minimum absolute atomic E-state index is 0.0978. The summed E-state index contributed by atoms with van der Waals surface area (Å²) in [5, 5.41) is 8.82. The van der Waals surface area contributed by atoms with Crippen LogP contribution in [0, 0.1) is 6.92 Å². The quantitative estimate of drug-likeness (QED) is 0.803. The van der Waals surface area contributed by atoms with Gasteiger partial charge in [0.25, 0.3) is 0 Å². The van der Waals surface area contributed by atoms with E-state index in [1.54, 1.807) is 19.3 Å². The van der Waals surface area contributed by atoms with Gasteiger partial charge in [-0.2, -0.15) is 0 Å². The predicted octanol–water partition coefficient (Wildman–Crippen LogP) is 0.940. The van der Waals surface area contributed by atoms with Crippen molar-refractivity contribution in [2.75, 3.05) is 0 Å². The third kappa shape index (κ3) is 1.85. The van der Waals surface area contributed by atoms with E-state index < -0.39 is 5.97 Å². The number of aromatic nitrogens is 4. The molecule has 0 aliphatic rings. The molecule has 2 aromatic heterocycles. The second-order valence-corrected chi connectivity index (χ2v) is 3.13. The average molecular weight is 216 g/mol. The molecular weight excluding hydrogens is 208 g/mol. The summed E-state index contributed by atoms with van der Waals surface area (Å²) in [6.07, 6.45) is 5.83. The van der Waals surface area contributed by atoms with E-state index in [1.165, 1.54) is 12.5 Å². The average Bonchev–Trinajstić information content (AvgIpc) is 2.29.